The van der Waals surface area contributed by atoms with E-state index in [1.165, 1.54) is 16.4 Å². The zero-order valence-corrected chi connectivity index (χ0v) is 16.7. The van der Waals surface area contributed by atoms with Gasteiger partial charge in [-0.15, -0.1) is 0 Å². The Balaban J connectivity index is 1.68. The van der Waals surface area contributed by atoms with Crippen LogP contribution in [0.15, 0.2) is 29.2 Å². The van der Waals surface area contributed by atoms with Crippen LogP contribution in [0.1, 0.15) is 32.6 Å². The molecule has 0 bridgehead atoms. The van der Waals surface area contributed by atoms with Crippen molar-refractivity contribution < 1.29 is 27.1 Å². The average molecular weight is 412 g/mol. The van der Waals surface area contributed by atoms with Crippen LogP contribution in [-0.4, -0.2) is 61.8 Å². The van der Waals surface area contributed by atoms with E-state index in [4.69, 9.17) is 4.74 Å². The largest absolute Gasteiger partial charge is 0.466 e. The van der Waals surface area contributed by atoms with Crippen molar-refractivity contribution in [3.05, 3.63) is 30.1 Å². The topological polar surface area (TPSA) is 84.0 Å². The van der Waals surface area contributed by atoms with Crippen molar-refractivity contribution in [3.8, 4) is 0 Å². The quantitative estimate of drug-likeness (QED) is 0.689. The van der Waals surface area contributed by atoms with Gasteiger partial charge in [-0.05, 0) is 56.9 Å². The maximum atomic E-state index is 13.1. The molecule has 1 atom stereocenters. The van der Waals surface area contributed by atoms with Gasteiger partial charge in [0.05, 0.1) is 17.4 Å². The second-order valence-corrected chi connectivity index (χ2v) is 8.97. The van der Waals surface area contributed by atoms with Crippen molar-refractivity contribution in [2.75, 3.05) is 26.2 Å². The SMILES string of the molecule is CCOC(=O)C1CCN(C(=O)C2CCCN2S(=O)(=O)c2ccc(F)cc2)CC1. The molecule has 2 fully saturated rings. The van der Waals surface area contributed by atoms with E-state index in [9.17, 15) is 22.4 Å². The molecule has 28 heavy (non-hydrogen) atoms. The summed E-state index contributed by atoms with van der Waals surface area (Å²) in [6, 6.07) is 3.87. The van der Waals surface area contributed by atoms with Gasteiger partial charge in [0.2, 0.25) is 15.9 Å². The fourth-order valence-electron chi connectivity index (χ4n) is 3.82. The molecule has 1 aromatic rings. The molecule has 1 amide bonds. The van der Waals surface area contributed by atoms with Crippen LogP contribution in [0.5, 0.6) is 0 Å². The summed E-state index contributed by atoms with van der Waals surface area (Å²) >= 11 is 0. The van der Waals surface area contributed by atoms with E-state index < -0.39 is 21.9 Å². The van der Waals surface area contributed by atoms with Crippen molar-refractivity contribution in [2.45, 2.75) is 43.5 Å². The van der Waals surface area contributed by atoms with Crippen LogP contribution >= 0.6 is 0 Å². The van der Waals surface area contributed by atoms with Gasteiger partial charge in [-0.25, -0.2) is 12.8 Å². The van der Waals surface area contributed by atoms with Gasteiger partial charge in [0.25, 0.3) is 0 Å². The van der Waals surface area contributed by atoms with Crippen LogP contribution in [0.3, 0.4) is 0 Å². The van der Waals surface area contributed by atoms with E-state index in [-0.39, 0.29) is 29.2 Å². The molecule has 2 saturated heterocycles. The van der Waals surface area contributed by atoms with Gasteiger partial charge in [-0.1, -0.05) is 0 Å². The number of nitrogens with zero attached hydrogens (tertiary/aromatic N) is 2. The average Bonchev–Trinajstić information content (AvgIpc) is 3.19. The number of carbonyl (C=O) groups is 2. The molecule has 1 aromatic carbocycles. The van der Waals surface area contributed by atoms with Gasteiger partial charge < -0.3 is 9.64 Å². The zero-order valence-electron chi connectivity index (χ0n) is 15.8. The maximum absolute atomic E-state index is 13.1. The van der Waals surface area contributed by atoms with Gasteiger partial charge in [0.15, 0.2) is 0 Å². The Morgan fingerprint density at radius 1 is 1.11 bits per heavy atom. The number of likely N-dealkylation sites (tertiary alicyclic amines) is 1. The van der Waals surface area contributed by atoms with Crippen molar-refractivity contribution in [1.29, 1.82) is 0 Å². The minimum absolute atomic E-state index is 0.0189. The van der Waals surface area contributed by atoms with E-state index >= 15 is 0 Å². The Bertz CT molecular complexity index is 819. The highest BCUT2D eigenvalue weighted by Gasteiger charge is 2.42. The first-order chi connectivity index (χ1) is 13.3. The van der Waals surface area contributed by atoms with Crippen molar-refractivity contribution >= 4 is 21.9 Å². The lowest BCUT2D eigenvalue weighted by molar-refractivity contribution is -0.151. The third-order valence-electron chi connectivity index (χ3n) is 5.34. The predicted octanol–water partition coefficient (Wildman–Crippen LogP) is 1.78. The van der Waals surface area contributed by atoms with Crippen LogP contribution in [0, 0.1) is 11.7 Å². The molecule has 1 unspecified atom stereocenters. The summed E-state index contributed by atoms with van der Waals surface area (Å²) in [4.78, 5) is 26.5. The number of esters is 1. The number of hydrogen-bond acceptors (Lipinski definition) is 5. The Morgan fingerprint density at radius 3 is 2.36 bits per heavy atom. The highest BCUT2D eigenvalue weighted by molar-refractivity contribution is 7.89. The highest BCUT2D eigenvalue weighted by Crippen LogP contribution is 2.29. The Morgan fingerprint density at radius 2 is 1.75 bits per heavy atom. The summed E-state index contributed by atoms with van der Waals surface area (Å²) in [5.41, 5.74) is 0. The van der Waals surface area contributed by atoms with Crippen LogP contribution in [0.25, 0.3) is 0 Å². The molecule has 0 aromatic heterocycles. The number of rotatable bonds is 5. The van der Waals surface area contributed by atoms with E-state index in [1.54, 1.807) is 11.8 Å². The van der Waals surface area contributed by atoms with Crippen molar-refractivity contribution in [2.24, 2.45) is 5.92 Å². The normalized spacial score (nSPS) is 21.6. The molecule has 3 rings (SSSR count). The summed E-state index contributed by atoms with van der Waals surface area (Å²) in [7, 11) is -3.87. The molecule has 0 saturated carbocycles. The van der Waals surface area contributed by atoms with Gasteiger partial charge in [-0.2, -0.15) is 4.31 Å². The first-order valence-electron chi connectivity index (χ1n) is 9.57. The zero-order chi connectivity index (χ0) is 20.3. The third-order valence-corrected chi connectivity index (χ3v) is 7.26. The van der Waals surface area contributed by atoms with Crippen molar-refractivity contribution in [3.63, 3.8) is 0 Å². The summed E-state index contributed by atoms with van der Waals surface area (Å²) in [5.74, 6) is -1.20. The standard InChI is InChI=1S/C19H25FN2O5S/c1-2-27-19(24)14-9-12-21(13-10-14)18(23)17-4-3-11-22(17)28(25,26)16-7-5-15(20)6-8-16/h5-8,14,17H,2-4,9-13H2,1H3. The van der Waals surface area contributed by atoms with E-state index in [0.717, 1.165) is 12.1 Å². The second-order valence-electron chi connectivity index (χ2n) is 7.08. The molecule has 2 aliphatic rings. The van der Waals surface area contributed by atoms with E-state index in [2.05, 4.69) is 0 Å². The fourth-order valence-corrected chi connectivity index (χ4v) is 5.47. The molecular formula is C19H25FN2O5S. The molecule has 0 spiro atoms. The first-order valence-corrected chi connectivity index (χ1v) is 11.0. The van der Waals surface area contributed by atoms with Gasteiger partial charge in [-0.3, -0.25) is 9.59 Å². The minimum Gasteiger partial charge on any atom is -0.466 e. The molecule has 2 heterocycles. The number of ether oxygens (including phenoxy) is 1. The van der Waals surface area contributed by atoms with Gasteiger partial charge >= 0.3 is 5.97 Å². The molecule has 0 radical (unpaired) electrons. The smallest absolute Gasteiger partial charge is 0.309 e. The summed E-state index contributed by atoms with van der Waals surface area (Å²) in [6.07, 6.45) is 2.08. The van der Waals surface area contributed by atoms with Gasteiger partial charge in [0, 0.05) is 19.6 Å². The minimum atomic E-state index is -3.87. The number of hydrogen-bond donors (Lipinski definition) is 0. The molecule has 0 aliphatic carbocycles. The fraction of sp³-hybridized carbons (Fsp3) is 0.579. The highest BCUT2D eigenvalue weighted by atomic mass is 32.2. The number of amides is 1. The Labute approximate surface area is 164 Å². The van der Waals surface area contributed by atoms with Crippen LogP contribution in [0.4, 0.5) is 4.39 Å². The molecule has 0 N–H and O–H groups in total. The first kappa shape index (κ1) is 20.7. The lowest BCUT2D eigenvalue weighted by atomic mass is 9.96. The molecule has 7 nitrogen and oxygen atoms in total. The Hall–Kier alpha value is -2.00. The summed E-state index contributed by atoms with van der Waals surface area (Å²) in [5, 5.41) is 0. The molecule has 154 valence electrons. The lowest BCUT2D eigenvalue weighted by Gasteiger charge is -2.34. The molecule has 9 heteroatoms. The predicted molar refractivity (Wildman–Crippen MR) is 99.3 cm³/mol. The molecule has 2 aliphatic heterocycles. The third kappa shape index (κ3) is 4.20. The van der Waals surface area contributed by atoms with Crippen LogP contribution < -0.4 is 0 Å². The second kappa shape index (κ2) is 8.57. The molecular weight excluding hydrogens is 387 g/mol. The number of piperidine rings is 1. The maximum Gasteiger partial charge on any atom is 0.309 e. The number of benzene rings is 1. The lowest BCUT2D eigenvalue weighted by Crippen LogP contribution is -2.50. The summed E-state index contributed by atoms with van der Waals surface area (Å²) in [6.45, 7) is 3.16. The van der Waals surface area contributed by atoms with Gasteiger partial charge in [0.1, 0.15) is 11.9 Å². The van der Waals surface area contributed by atoms with E-state index in [0.29, 0.717) is 45.4 Å². The monoisotopic (exact) mass is 412 g/mol. The number of carbonyl (C=O) groups excluding carboxylic acids is 2. The van der Waals surface area contributed by atoms with Crippen LogP contribution in [-0.2, 0) is 24.3 Å². The number of sulfonamides is 1. The van der Waals surface area contributed by atoms with Crippen molar-refractivity contribution in [1.82, 2.24) is 9.21 Å². The van der Waals surface area contributed by atoms with E-state index in [1.807, 2.05) is 0 Å². The summed E-state index contributed by atoms with van der Waals surface area (Å²) < 4.78 is 45.3. The Kier molecular flexibility index (Phi) is 6.34. The van der Waals surface area contributed by atoms with Crippen LogP contribution in [0.2, 0.25) is 0 Å². The number of halogens is 1.